The standard InChI is InChI=1S/C28H32N4O5S/c1-17(33)20-14-19-15-21(37-4)10-11-22(19)26-25(18-8-6-5-7-9-18)23-12-13-24(29-27(23)32(26)16-20)28(34)30-38(35,36)31(2)3/h10-15,18H,5-9,16H2,1-4H3,(H,30,34). The first kappa shape index (κ1) is 26.1. The minimum atomic E-state index is -3.98. The molecule has 38 heavy (non-hydrogen) atoms. The molecule has 0 bridgehead atoms. The fraction of sp³-hybridized carbons (Fsp3) is 0.393. The van der Waals surface area contributed by atoms with Crippen molar-refractivity contribution in [2.24, 2.45) is 0 Å². The maximum absolute atomic E-state index is 12.9. The summed E-state index contributed by atoms with van der Waals surface area (Å²) in [5.41, 5.74) is 5.19. The van der Waals surface area contributed by atoms with Crippen LogP contribution < -0.4 is 9.46 Å². The predicted octanol–water partition coefficient (Wildman–Crippen LogP) is 4.28. The summed E-state index contributed by atoms with van der Waals surface area (Å²) < 4.78 is 35.1. The number of carbonyl (C=O) groups is 2. The first-order chi connectivity index (χ1) is 18.1. The Morgan fingerprint density at radius 3 is 2.50 bits per heavy atom. The van der Waals surface area contributed by atoms with Gasteiger partial charge in [0.2, 0.25) is 0 Å². The van der Waals surface area contributed by atoms with Crippen LogP contribution in [0.5, 0.6) is 5.75 Å². The van der Waals surface area contributed by atoms with Gasteiger partial charge in [-0.15, -0.1) is 0 Å². The number of benzene rings is 1. The van der Waals surface area contributed by atoms with Crippen LogP contribution in [0.1, 0.15) is 66.6 Å². The zero-order valence-electron chi connectivity index (χ0n) is 22.1. The number of allylic oxidation sites excluding steroid dienone is 1. The minimum absolute atomic E-state index is 0.00836. The second-order valence-electron chi connectivity index (χ2n) is 10.1. The Morgan fingerprint density at radius 1 is 1.11 bits per heavy atom. The van der Waals surface area contributed by atoms with Crippen molar-refractivity contribution in [3.8, 4) is 17.0 Å². The number of pyridine rings is 1. The second kappa shape index (κ2) is 9.99. The Bertz CT molecular complexity index is 1580. The summed E-state index contributed by atoms with van der Waals surface area (Å²) in [6.07, 6.45) is 7.49. The fourth-order valence-corrected chi connectivity index (χ4v) is 6.02. The Kier molecular flexibility index (Phi) is 6.87. The molecule has 5 rings (SSSR count). The lowest BCUT2D eigenvalue weighted by atomic mass is 9.81. The van der Waals surface area contributed by atoms with Crippen molar-refractivity contribution >= 4 is 39.0 Å². The molecule has 1 saturated carbocycles. The van der Waals surface area contributed by atoms with Crippen molar-refractivity contribution in [3.63, 3.8) is 0 Å². The fourth-order valence-electron chi connectivity index (χ4n) is 5.50. The highest BCUT2D eigenvalue weighted by molar-refractivity contribution is 7.87. The molecule has 2 aromatic heterocycles. The number of nitrogens with one attached hydrogen (secondary N) is 1. The Labute approximate surface area is 222 Å². The highest BCUT2D eigenvalue weighted by Gasteiger charge is 2.31. The van der Waals surface area contributed by atoms with Gasteiger partial charge in [-0.2, -0.15) is 12.7 Å². The van der Waals surface area contributed by atoms with E-state index >= 15 is 0 Å². The van der Waals surface area contributed by atoms with E-state index in [1.165, 1.54) is 26.1 Å². The molecule has 1 aromatic carbocycles. The molecule has 10 heteroatoms. The molecule has 0 unspecified atom stereocenters. The topological polar surface area (TPSA) is 111 Å². The summed E-state index contributed by atoms with van der Waals surface area (Å²) in [6, 6.07) is 9.31. The highest BCUT2D eigenvalue weighted by atomic mass is 32.2. The van der Waals surface area contributed by atoms with Crippen LogP contribution in [0.2, 0.25) is 0 Å². The molecule has 2 aliphatic rings. The molecule has 9 nitrogen and oxygen atoms in total. The van der Waals surface area contributed by atoms with Gasteiger partial charge in [0.1, 0.15) is 17.1 Å². The molecule has 1 aliphatic heterocycles. The lowest BCUT2D eigenvalue weighted by molar-refractivity contribution is -0.113. The van der Waals surface area contributed by atoms with Crippen molar-refractivity contribution < 1.29 is 22.7 Å². The van der Waals surface area contributed by atoms with E-state index in [1.807, 2.05) is 34.9 Å². The smallest absolute Gasteiger partial charge is 0.303 e. The molecule has 0 atom stereocenters. The van der Waals surface area contributed by atoms with Gasteiger partial charge in [-0.05, 0) is 73.2 Å². The third-order valence-electron chi connectivity index (χ3n) is 7.52. The molecule has 0 saturated heterocycles. The lowest BCUT2D eigenvalue weighted by Crippen LogP contribution is -2.39. The number of nitrogens with zero attached hydrogens (tertiary/aromatic N) is 3. The number of fused-ring (bicyclic) bond motifs is 5. The number of methoxy groups -OCH3 is 1. The second-order valence-corrected chi connectivity index (χ2v) is 12.0. The van der Waals surface area contributed by atoms with E-state index < -0.39 is 16.1 Å². The van der Waals surface area contributed by atoms with Gasteiger partial charge >= 0.3 is 10.2 Å². The van der Waals surface area contributed by atoms with E-state index in [4.69, 9.17) is 9.72 Å². The molecule has 3 heterocycles. The van der Waals surface area contributed by atoms with Crippen molar-refractivity contribution in [2.75, 3.05) is 21.2 Å². The van der Waals surface area contributed by atoms with E-state index in [1.54, 1.807) is 20.1 Å². The molecule has 200 valence electrons. The average molecular weight is 537 g/mol. The van der Waals surface area contributed by atoms with Crippen molar-refractivity contribution in [3.05, 3.63) is 52.7 Å². The largest absolute Gasteiger partial charge is 0.497 e. The molecular weight excluding hydrogens is 504 g/mol. The van der Waals surface area contributed by atoms with Gasteiger partial charge < -0.3 is 9.30 Å². The van der Waals surface area contributed by atoms with Crippen LogP contribution in [-0.4, -0.2) is 55.2 Å². The zero-order chi connectivity index (χ0) is 27.2. The third-order valence-corrected chi connectivity index (χ3v) is 8.92. The minimum Gasteiger partial charge on any atom is -0.497 e. The van der Waals surface area contributed by atoms with Crippen LogP contribution in [0, 0.1) is 0 Å². The monoisotopic (exact) mass is 536 g/mol. The molecule has 0 radical (unpaired) electrons. The first-order valence-electron chi connectivity index (χ1n) is 12.8. The van der Waals surface area contributed by atoms with Gasteiger partial charge in [-0.1, -0.05) is 19.3 Å². The predicted molar refractivity (Wildman–Crippen MR) is 146 cm³/mol. The Hall–Kier alpha value is -3.50. The van der Waals surface area contributed by atoms with Crippen LogP contribution in [-0.2, 0) is 21.5 Å². The molecular formula is C28H32N4O5S. The molecule has 1 amide bonds. The van der Waals surface area contributed by atoms with Crippen LogP contribution in [0.25, 0.3) is 28.4 Å². The summed E-state index contributed by atoms with van der Waals surface area (Å²) in [5, 5.41) is 0.922. The van der Waals surface area contributed by atoms with Crippen molar-refractivity contribution in [1.29, 1.82) is 0 Å². The zero-order valence-corrected chi connectivity index (χ0v) is 22.9. The van der Waals surface area contributed by atoms with Gasteiger partial charge in [-0.3, -0.25) is 9.59 Å². The van der Waals surface area contributed by atoms with Gasteiger partial charge in [0, 0.05) is 30.6 Å². The normalized spacial score (nSPS) is 16.0. The first-order valence-corrected chi connectivity index (χ1v) is 14.2. The van der Waals surface area contributed by atoms with Crippen molar-refractivity contribution in [1.82, 2.24) is 18.6 Å². The molecule has 3 aromatic rings. The van der Waals surface area contributed by atoms with E-state index in [2.05, 4.69) is 4.72 Å². The summed E-state index contributed by atoms with van der Waals surface area (Å²) >= 11 is 0. The number of amides is 1. The van der Waals surface area contributed by atoms with Crippen LogP contribution in [0.4, 0.5) is 0 Å². The maximum atomic E-state index is 12.9. The number of aromatic nitrogens is 2. The summed E-state index contributed by atoms with van der Waals surface area (Å²) in [7, 11) is 0.327. The van der Waals surface area contributed by atoms with E-state index in [-0.39, 0.29) is 11.5 Å². The average Bonchev–Trinajstić information content (AvgIpc) is 3.10. The van der Waals surface area contributed by atoms with Crippen LogP contribution in [0.15, 0.2) is 35.9 Å². The number of rotatable bonds is 6. The summed E-state index contributed by atoms with van der Waals surface area (Å²) in [6.45, 7) is 1.84. The number of hydrogen-bond acceptors (Lipinski definition) is 6. The summed E-state index contributed by atoms with van der Waals surface area (Å²) in [4.78, 5) is 30.3. The highest BCUT2D eigenvalue weighted by Crippen LogP contribution is 2.46. The van der Waals surface area contributed by atoms with Gasteiger partial charge in [0.15, 0.2) is 5.78 Å². The quantitative estimate of drug-likeness (QED) is 0.504. The van der Waals surface area contributed by atoms with Gasteiger partial charge in [-0.25, -0.2) is 9.71 Å². The van der Waals surface area contributed by atoms with E-state index in [0.717, 1.165) is 52.2 Å². The van der Waals surface area contributed by atoms with Crippen molar-refractivity contribution in [2.45, 2.75) is 51.5 Å². The van der Waals surface area contributed by atoms with Crippen LogP contribution >= 0.6 is 0 Å². The maximum Gasteiger partial charge on any atom is 0.303 e. The van der Waals surface area contributed by atoms with E-state index in [9.17, 15) is 18.0 Å². The number of ketones is 1. The summed E-state index contributed by atoms with van der Waals surface area (Å²) in [5.74, 6) is 0.146. The number of ether oxygens (including phenoxy) is 1. The van der Waals surface area contributed by atoms with Gasteiger partial charge in [0.25, 0.3) is 5.91 Å². The molecule has 1 aliphatic carbocycles. The number of Topliss-reactive ketones (excluding diaryl/α,β-unsaturated/α-hetero) is 1. The van der Waals surface area contributed by atoms with Gasteiger partial charge in [0.05, 0.1) is 19.3 Å². The molecule has 1 fully saturated rings. The van der Waals surface area contributed by atoms with Crippen LogP contribution in [0.3, 0.4) is 0 Å². The Balaban J connectivity index is 1.77. The molecule has 0 spiro atoms. The number of carbonyl (C=O) groups excluding carboxylic acids is 2. The molecule has 1 N–H and O–H groups in total. The third kappa shape index (κ3) is 4.63. The Morgan fingerprint density at radius 2 is 1.84 bits per heavy atom. The SMILES string of the molecule is COc1ccc2c(c1)C=C(C(C)=O)Cn1c-2c(C2CCCCC2)c2ccc(C(=O)NS(=O)(=O)N(C)C)nc21. The number of hydrogen-bond donors (Lipinski definition) is 1. The van der Waals surface area contributed by atoms with E-state index in [0.29, 0.717) is 29.4 Å². The lowest BCUT2D eigenvalue weighted by Gasteiger charge is -2.24.